The normalized spacial score (nSPS) is 10.7. The Labute approximate surface area is 176 Å². The third kappa shape index (κ3) is 3.49. The topological polar surface area (TPSA) is 127 Å². The number of hydrogen-bond donors (Lipinski definition) is 2. The number of furan rings is 1. The molecule has 5 aromatic rings. The molecule has 0 atom stereocenters. The van der Waals surface area contributed by atoms with Gasteiger partial charge in [0.2, 0.25) is 0 Å². The van der Waals surface area contributed by atoms with E-state index in [0.29, 0.717) is 40.2 Å². The van der Waals surface area contributed by atoms with Crippen LogP contribution in [-0.2, 0) is 0 Å². The number of nitrogen functional groups attached to an aromatic ring is 1. The maximum Gasteiger partial charge on any atom is 0.178 e. The molecule has 5 rings (SSSR count). The highest BCUT2D eigenvalue weighted by Gasteiger charge is 2.18. The number of nitrogens with two attached hydrogens (primary N) is 1. The number of fused-ring (bicyclic) bond motifs is 1. The average molecular weight is 409 g/mol. The monoisotopic (exact) mass is 409 g/mol. The molecule has 0 aliphatic carbocycles. The molecule has 0 bridgehead atoms. The molecule has 0 radical (unpaired) electrons. The number of hydrogen-bond acceptors (Lipinski definition) is 8. The molecule has 0 aliphatic rings. The summed E-state index contributed by atoms with van der Waals surface area (Å²) < 4.78 is 12.6. The summed E-state index contributed by atoms with van der Waals surface area (Å²) in [6.45, 7) is 0. The Morgan fingerprint density at radius 3 is 2.55 bits per heavy atom. The van der Waals surface area contributed by atoms with Gasteiger partial charge in [-0.1, -0.05) is 0 Å². The number of pyridine rings is 1. The fraction of sp³-hybridized carbons (Fsp3) is 0. The van der Waals surface area contributed by atoms with Gasteiger partial charge in [0.05, 0.1) is 6.26 Å². The standard InChI is InChI=1S/C22H15N7O2/c23-13-17-21(26-14-3-5-15(6-4-14)31-16-7-9-25-10-8-16)28-29-20(24)12-18(27-22(17)29)19-2-1-11-30-19/h1-12H,24H2,(H,26,28). The van der Waals surface area contributed by atoms with Gasteiger partial charge in [0.1, 0.15) is 34.6 Å². The lowest BCUT2D eigenvalue weighted by atomic mass is 10.2. The molecular formula is C22H15N7O2. The van der Waals surface area contributed by atoms with E-state index in [2.05, 4.69) is 26.5 Å². The SMILES string of the molecule is N#Cc1c(Nc2ccc(Oc3ccncc3)cc2)nn2c(N)cc(-c3ccco3)nc12. The number of nitrogens with one attached hydrogen (secondary N) is 1. The summed E-state index contributed by atoms with van der Waals surface area (Å²) >= 11 is 0. The zero-order valence-corrected chi connectivity index (χ0v) is 16.1. The number of rotatable bonds is 5. The van der Waals surface area contributed by atoms with Gasteiger partial charge in [-0.05, 0) is 48.5 Å². The van der Waals surface area contributed by atoms with Crippen molar-refractivity contribution in [2.45, 2.75) is 0 Å². The summed E-state index contributed by atoms with van der Waals surface area (Å²) in [6, 6.07) is 18.2. The van der Waals surface area contributed by atoms with Gasteiger partial charge in [-0.25, -0.2) is 4.98 Å². The van der Waals surface area contributed by atoms with Crippen molar-refractivity contribution in [2.75, 3.05) is 11.1 Å². The Morgan fingerprint density at radius 1 is 1.06 bits per heavy atom. The molecule has 4 heterocycles. The second-order valence-electron chi connectivity index (χ2n) is 6.55. The Bertz CT molecular complexity index is 1390. The van der Waals surface area contributed by atoms with Crippen molar-refractivity contribution in [3.63, 3.8) is 0 Å². The molecule has 1 aromatic carbocycles. The van der Waals surface area contributed by atoms with Crippen LogP contribution in [0.1, 0.15) is 5.56 Å². The zero-order valence-electron chi connectivity index (χ0n) is 16.1. The van der Waals surface area contributed by atoms with E-state index in [4.69, 9.17) is 14.9 Å². The van der Waals surface area contributed by atoms with E-state index in [1.165, 1.54) is 4.52 Å². The molecule has 0 fully saturated rings. The van der Waals surface area contributed by atoms with Crippen LogP contribution in [0.25, 0.3) is 17.1 Å². The first-order valence-corrected chi connectivity index (χ1v) is 9.29. The number of ether oxygens (including phenoxy) is 1. The Hall–Kier alpha value is -4.84. The highest BCUT2D eigenvalue weighted by molar-refractivity contribution is 5.75. The third-order valence-corrected chi connectivity index (χ3v) is 4.50. The molecule has 31 heavy (non-hydrogen) atoms. The first-order valence-electron chi connectivity index (χ1n) is 9.29. The number of aromatic nitrogens is 4. The van der Waals surface area contributed by atoms with Crippen molar-refractivity contribution >= 4 is 23.0 Å². The summed E-state index contributed by atoms with van der Waals surface area (Å²) in [7, 11) is 0. The van der Waals surface area contributed by atoms with E-state index in [9.17, 15) is 5.26 Å². The van der Waals surface area contributed by atoms with Crippen molar-refractivity contribution in [1.82, 2.24) is 19.6 Å². The Balaban J connectivity index is 1.45. The highest BCUT2D eigenvalue weighted by Crippen LogP contribution is 2.29. The lowest BCUT2D eigenvalue weighted by molar-refractivity contribution is 0.482. The van der Waals surface area contributed by atoms with Crippen molar-refractivity contribution in [3.05, 3.63) is 78.8 Å². The molecule has 0 saturated heterocycles. The van der Waals surface area contributed by atoms with Crippen LogP contribution in [-0.4, -0.2) is 19.6 Å². The molecule has 4 aromatic heterocycles. The predicted octanol–water partition coefficient (Wildman–Crippen LogP) is 4.37. The molecule has 0 saturated carbocycles. The van der Waals surface area contributed by atoms with Crippen molar-refractivity contribution in [2.24, 2.45) is 0 Å². The van der Waals surface area contributed by atoms with Crippen molar-refractivity contribution in [1.29, 1.82) is 5.26 Å². The highest BCUT2D eigenvalue weighted by atomic mass is 16.5. The number of nitrogens with zero attached hydrogens (tertiary/aromatic N) is 5. The van der Waals surface area contributed by atoms with Gasteiger partial charge < -0.3 is 20.2 Å². The van der Waals surface area contributed by atoms with Crippen LogP contribution in [0.5, 0.6) is 11.5 Å². The first kappa shape index (κ1) is 18.2. The molecule has 0 spiro atoms. The van der Waals surface area contributed by atoms with Gasteiger partial charge in [0.15, 0.2) is 17.2 Å². The van der Waals surface area contributed by atoms with E-state index in [1.54, 1.807) is 49.0 Å². The fourth-order valence-corrected chi connectivity index (χ4v) is 3.07. The van der Waals surface area contributed by atoms with Gasteiger partial charge in [0, 0.05) is 24.1 Å². The van der Waals surface area contributed by atoms with Crippen LogP contribution in [0.15, 0.2) is 77.7 Å². The quantitative estimate of drug-likeness (QED) is 0.438. The predicted molar refractivity (Wildman–Crippen MR) is 114 cm³/mol. The zero-order chi connectivity index (χ0) is 21.2. The van der Waals surface area contributed by atoms with E-state index in [0.717, 1.165) is 5.69 Å². The maximum absolute atomic E-state index is 9.73. The molecule has 0 aliphatic heterocycles. The lowest BCUT2D eigenvalue weighted by Gasteiger charge is -2.07. The van der Waals surface area contributed by atoms with Gasteiger partial charge in [0.25, 0.3) is 0 Å². The van der Waals surface area contributed by atoms with E-state index in [-0.39, 0.29) is 5.56 Å². The maximum atomic E-state index is 9.73. The van der Waals surface area contributed by atoms with Gasteiger partial charge in [-0.15, -0.1) is 5.10 Å². The van der Waals surface area contributed by atoms with Crippen molar-refractivity contribution in [3.8, 4) is 29.0 Å². The molecule has 0 unspecified atom stereocenters. The minimum absolute atomic E-state index is 0.275. The van der Waals surface area contributed by atoms with Crippen molar-refractivity contribution < 1.29 is 9.15 Å². The lowest BCUT2D eigenvalue weighted by Crippen LogP contribution is -2.01. The van der Waals surface area contributed by atoms with Crippen LogP contribution in [0, 0.1) is 11.3 Å². The van der Waals surface area contributed by atoms with E-state index in [1.807, 2.05) is 24.3 Å². The van der Waals surface area contributed by atoms with E-state index < -0.39 is 0 Å². The molecule has 3 N–H and O–H groups in total. The molecule has 9 nitrogen and oxygen atoms in total. The minimum Gasteiger partial charge on any atom is -0.463 e. The number of anilines is 3. The minimum atomic E-state index is 0.275. The second kappa shape index (κ2) is 7.53. The smallest absolute Gasteiger partial charge is 0.178 e. The summed E-state index contributed by atoms with van der Waals surface area (Å²) in [5.74, 6) is 2.60. The Kier molecular flexibility index (Phi) is 4.42. The molecule has 150 valence electrons. The number of benzene rings is 1. The van der Waals surface area contributed by atoms with Gasteiger partial charge in [-0.3, -0.25) is 4.98 Å². The van der Waals surface area contributed by atoms with Crippen LogP contribution in [0.3, 0.4) is 0 Å². The fourth-order valence-electron chi connectivity index (χ4n) is 3.07. The largest absolute Gasteiger partial charge is 0.463 e. The first-order chi connectivity index (χ1) is 15.2. The van der Waals surface area contributed by atoms with Gasteiger partial charge >= 0.3 is 0 Å². The third-order valence-electron chi connectivity index (χ3n) is 4.50. The van der Waals surface area contributed by atoms with E-state index >= 15 is 0 Å². The second-order valence-corrected chi connectivity index (χ2v) is 6.55. The van der Waals surface area contributed by atoms with Crippen LogP contribution in [0.2, 0.25) is 0 Å². The summed E-state index contributed by atoms with van der Waals surface area (Å²) in [5, 5.41) is 17.3. The Morgan fingerprint density at radius 2 is 1.84 bits per heavy atom. The number of nitriles is 1. The molecular weight excluding hydrogens is 394 g/mol. The van der Waals surface area contributed by atoms with Crippen LogP contribution >= 0.6 is 0 Å². The van der Waals surface area contributed by atoms with Crippen LogP contribution in [0.4, 0.5) is 17.3 Å². The molecule has 9 heteroatoms. The molecule has 0 amide bonds. The summed E-state index contributed by atoms with van der Waals surface area (Å²) in [5.41, 5.74) is 8.02. The summed E-state index contributed by atoms with van der Waals surface area (Å²) in [6.07, 6.45) is 4.87. The van der Waals surface area contributed by atoms with Crippen LogP contribution < -0.4 is 15.8 Å². The summed E-state index contributed by atoms with van der Waals surface area (Å²) in [4.78, 5) is 8.48. The van der Waals surface area contributed by atoms with Gasteiger partial charge in [-0.2, -0.15) is 9.78 Å². The average Bonchev–Trinajstić information content (AvgIpc) is 3.44.